The average Bonchev–Trinajstić information content (AvgIpc) is 3.03. The number of ether oxygens (including phenoxy) is 1. The molecule has 0 aliphatic carbocycles. The summed E-state index contributed by atoms with van der Waals surface area (Å²) in [6.45, 7) is 0.348. The lowest BCUT2D eigenvalue weighted by Crippen LogP contribution is -2.40. The monoisotopic (exact) mass is 350 g/mol. The zero-order valence-electron chi connectivity index (χ0n) is 13.5. The summed E-state index contributed by atoms with van der Waals surface area (Å²) >= 11 is 0. The lowest BCUT2D eigenvalue weighted by Gasteiger charge is -2.26. The van der Waals surface area contributed by atoms with Crippen LogP contribution in [0.25, 0.3) is 0 Å². The van der Waals surface area contributed by atoms with E-state index in [1.54, 1.807) is 17.0 Å². The van der Waals surface area contributed by atoms with Gasteiger partial charge in [-0.1, -0.05) is 12.1 Å². The lowest BCUT2D eigenvalue weighted by molar-refractivity contribution is -0.119. The molecule has 25 heavy (non-hydrogen) atoms. The molecule has 132 valence electrons. The normalized spacial score (nSPS) is 19.9. The van der Waals surface area contributed by atoms with Crippen LogP contribution < -0.4 is 15.4 Å². The van der Waals surface area contributed by atoms with Crippen LogP contribution in [0.15, 0.2) is 36.4 Å². The number of nitrogens with zero attached hydrogens (tertiary/aromatic N) is 1. The summed E-state index contributed by atoms with van der Waals surface area (Å²) in [5.41, 5.74) is 6.60. The van der Waals surface area contributed by atoms with E-state index in [-0.39, 0.29) is 23.2 Å². The van der Waals surface area contributed by atoms with Gasteiger partial charge in [0.2, 0.25) is 11.7 Å². The summed E-state index contributed by atoms with van der Waals surface area (Å²) in [5, 5.41) is 0. The summed E-state index contributed by atoms with van der Waals surface area (Å²) in [6.07, 6.45) is 0.392. The molecular weight excluding hydrogens is 333 g/mol. The van der Waals surface area contributed by atoms with Crippen LogP contribution >= 0.6 is 0 Å². The van der Waals surface area contributed by atoms with Gasteiger partial charge in [-0.15, -0.1) is 0 Å². The van der Waals surface area contributed by atoms with Crippen LogP contribution in [0.1, 0.15) is 17.9 Å². The van der Waals surface area contributed by atoms with E-state index in [0.29, 0.717) is 13.0 Å². The molecule has 2 atom stereocenters. The molecule has 2 N–H and O–H groups in total. The molecule has 0 aromatic heterocycles. The van der Waals surface area contributed by atoms with Crippen LogP contribution in [-0.4, -0.2) is 25.6 Å². The van der Waals surface area contributed by atoms with E-state index in [0.717, 1.165) is 11.6 Å². The third-order valence-corrected chi connectivity index (χ3v) is 4.51. The highest BCUT2D eigenvalue weighted by molar-refractivity contribution is 5.85. The first-order valence-corrected chi connectivity index (χ1v) is 7.75. The van der Waals surface area contributed by atoms with Gasteiger partial charge >= 0.3 is 0 Å². The molecule has 1 aliphatic heterocycles. The van der Waals surface area contributed by atoms with Gasteiger partial charge in [-0.3, -0.25) is 4.79 Å². The van der Waals surface area contributed by atoms with Crippen molar-refractivity contribution in [2.75, 3.05) is 18.6 Å². The number of methoxy groups -OCH3 is 1. The Morgan fingerprint density at radius 1 is 1.16 bits per heavy atom. The highest BCUT2D eigenvalue weighted by Gasteiger charge is 2.38. The first-order chi connectivity index (χ1) is 11.9. The standard InChI is InChI=1S/C18H17F3N2O2/c1-25-17-14(7-6-13(20)16(17)21)23-9-11(8-15(23)18(22)24)10-2-4-12(19)5-3-10/h2-7,11,15H,8-9H2,1H3,(H2,22,24). The molecule has 2 aromatic rings. The molecule has 4 nitrogen and oxygen atoms in total. The number of hydrogen-bond acceptors (Lipinski definition) is 3. The summed E-state index contributed by atoms with van der Waals surface area (Å²) in [5.74, 6) is -3.45. The topological polar surface area (TPSA) is 55.6 Å². The number of primary amides is 1. The first kappa shape index (κ1) is 17.1. The maximum Gasteiger partial charge on any atom is 0.240 e. The molecule has 2 unspecified atom stereocenters. The Bertz CT molecular complexity index is 796. The Hall–Kier alpha value is -2.70. The van der Waals surface area contributed by atoms with Gasteiger partial charge in [0, 0.05) is 12.5 Å². The van der Waals surface area contributed by atoms with Crippen LogP contribution in [0, 0.1) is 17.5 Å². The summed E-state index contributed by atoms with van der Waals surface area (Å²) in [6, 6.07) is 7.61. The molecule has 2 aromatic carbocycles. The largest absolute Gasteiger partial charge is 0.491 e. The van der Waals surface area contributed by atoms with Crippen molar-refractivity contribution in [1.82, 2.24) is 0 Å². The molecule has 1 fully saturated rings. The van der Waals surface area contributed by atoms with Crippen molar-refractivity contribution in [1.29, 1.82) is 0 Å². The van der Waals surface area contributed by atoms with Crippen molar-refractivity contribution in [2.45, 2.75) is 18.4 Å². The minimum absolute atomic E-state index is 0.101. The van der Waals surface area contributed by atoms with Crippen molar-refractivity contribution in [2.24, 2.45) is 5.73 Å². The predicted octanol–water partition coefficient (Wildman–Crippen LogP) is 2.96. The summed E-state index contributed by atoms with van der Waals surface area (Å²) < 4.78 is 45.6. The van der Waals surface area contributed by atoms with Gasteiger partial charge in [0.1, 0.15) is 11.9 Å². The fourth-order valence-electron chi connectivity index (χ4n) is 3.29. The van der Waals surface area contributed by atoms with E-state index in [4.69, 9.17) is 10.5 Å². The fraction of sp³-hybridized carbons (Fsp3) is 0.278. The SMILES string of the molecule is COc1c(N2CC(c3ccc(F)cc3)CC2C(N)=O)ccc(F)c1F. The van der Waals surface area contributed by atoms with Gasteiger partial charge < -0.3 is 15.4 Å². The second kappa shape index (κ2) is 6.66. The van der Waals surface area contributed by atoms with E-state index in [9.17, 15) is 18.0 Å². The molecule has 1 heterocycles. The maximum atomic E-state index is 14.0. The van der Waals surface area contributed by atoms with Crippen LogP contribution in [0.5, 0.6) is 5.75 Å². The van der Waals surface area contributed by atoms with Gasteiger partial charge in [-0.2, -0.15) is 4.39 Å². The Morgan fingerprint density at radius 2 is 1.84 bits per heavy atom. The highest BCUT2D eigenvalue weighted by atomic mass is 19.2. The molecule has 1 aliphatic rings. The number of rotatable bonds is 4. The zero-order valence-corrected chi connectivity index (χ0v) is 13.5. The third kappa shape index (κ3) is 3.14. The second-order valence-electron chi connectivity index (χ2n) is 5.97. The van der Waals surface area contributed by atoms with Gasteiger partial charge in [0.15, 0.2) is 11.6 Å². The molecule has 0 radical (unpaired) electrons. The molecular formula is C18H17F3N2O2. The first-order valence-electron chi connectivity index (χ1n) is 7.75. The van der Waals surface area contributed by atoms with Gasteiger partial charge in [-0.05, 0) is 36.2 Å². The average molecular weight is 350 g/mol. The molecule has 3 rings (SSSR count). The van der Waals surface area contributed by atoms with Crippen LogP contribution in [0.4, 0.5) is 18.9 Å². The zero-order chi connectivity index (χ0) is 18.1. The van der Waals surface area contributed by atoms with E-state index >= 15 is 0 Å². The van der Waals surface area contributed by atoms with Crippen LogP contribution in [0.3, 0.4) is 0 Å². The second-order valence-corrected chi connectivity index (χ2v) is 5.97. The van der Waals surface area contributed by atoms with Gasteiger partial charge in [0.05, 0.1) is 12.8 Å². The number of carbonyl (C=O) groups excluding carboxylic acids is 1. The lowest BCUT2D eigenvalue weighted by atomic mass is 9.96. The van der Waals surface area contributed by atoms with Crippen LogP contribution in [-0.2, 0) is 4.79 Å². The summed E-state index contributed by atoms with van der Waals surface area (Å²) in [4.78, 5) is 13.5. The van der Waals surface area contributed by atoms with E-state index in [1.165, 1.54) is 25.3 Å². The van der Waals surface area contributed by atoms with E-state index in [1.807, 2.05) is 0 Å². The molecule has 1 amide bonds. The van der Waals surface area contributed by atoms with Crippen molar-refractivity contribution < 1.29 is 22.7 Å². The Balaban J connectivity index is 1.99. The number of nitrogens with two attached hydrogens (primary N) is 1. The Morgan fingerprint density at radius 3 is 2.44 bits per heavy atom. The van der Waals surface area contributed by atoms with E-state index in [2.05, 4.69) is 0 Å². The maximum absolute atomic E-state index is 14.0. The van der Waals surface area contributed by atoms with Crippen LogP contribution in [0.2, 0.25) is 0 Å². The Labute approximate surface area is 143 Å². The minimum atomic E-state index is -1.12. The number of halogens is 3. The molecule has 1 saturated heterocycles. The Kier molecular flexibility index (Phi) is 4.57. The highest BCUT2D eigenvalue weighted by Crippen LogP contribution is 2.40. The molecule has 7 heteroatoms. The van der Waals surface area contributed by atoms with Gasteiger partial charge in [0.25, 0.3) is 0 Å². The van der Waals surface area contributed by atoms with Crippen molar-refractivity contribution in [3.05, 3.63) is 59.4 Å². The summed E-state index contributed by atoms with van der Waals surface area (Å²) in [7, 11) is 1.23. The number of hydrogen-bond donors (Lipinski definition) is 1. The minimum Gasteiger partial charge on any atom is -0.491 e. The van der Waals surface area contributed by atoms with Crippen molar-refractivity contribution in [3.63, 3.8) is 0 Å². The van der Waals surface area contributed by atoms with E-state index < -0.39 is 23.6 Å². The molecule has 0 saturated carbocycles. The third-order valence-electron chi connectivity index (χ3n) is 4.51. The molecule has 0 spiro atoms. The number of benzene rings is 2. The molecule has 0 bridgehead atoms. The number of carbonyl (C=O) groups is 1. The van der Waals surface area contributed by atoms with Crippen molar-refractivity contribution >= 4 is 11.6 Å². The van der Waals surface area contributed by atoms with Gasteiger partial charge in [-0.25, -0.2) is 8.78 Å². The fourth-order valence-corrected chi connectivity index (χ4v) is 3.29. The number of amides is 1. The number of anilines is 1. The quantitative estimate of drug-likeness (QED) is 0.922. The predicted molar refractivity (Wildman–Crippen MR) is 87.0 cm³/mol. The van der Waals surface area contributed by atoms with Crippen molar-refractivity contribution in [3.8, 4) is 5.75 Å². The smallest absolute Gasteiger partial charge is 0.240 e.